The molecule has 5 N–H and O–H groups in total. The first kappa shape index (κ1) is 18.9. The van der Waals surface area contributed by atoms with Gasteiger partial charge in [0.1, 0.15) is 11.9 Å². The Kier molecular flexibility index (Phi) is 5.45. The molecular weight excluding hydrogens is 346 g/mol. The van der Waals surface area contributed by atoms with Gasteiger partial charge < -0.3 is 26.0 Å². The van der Waals surface area contributed by atoms with E-state index in [0.717, 1.165) is 12.3 Å². The maximum absolute atomic E-state index is 14.0. The van der Waals surface area contributed by atoms with E-state index < -0.39 is 48.5 Å². The SMILES string of the molecule is NC(=O)CCC(=O)Nc1ccn(C2OC(CO)C(O)C2(F)F)c(=O)n1. The predicted molar refractivity (Wildman–Crippen MR) is 77.5 cm³/mol. The molecule has 0 aliphatic carbocycles. The highest BCUT2D eigenvalue weighted by atomic mass is 19.3. The molecule has 0 spiro atoms. The van der Waals surface area contributed by atoms with E-state index in [4.69, 9.17) is 15.6 Å². The molecule has 1 aliphatic heterocycles. The Morgan fingerprint density at radius 1 is 1.44 bits per heavy atom. The minimum atomic E-state index is -3.83. The molecule has 0 radical (unpaired) electrons. The third-order valence-electron chi connectivity index (χ3n) is 3.51. The zero-order valence-corrected chi connectivity index (χ0v) is 12.8. The van der Waals surface area contributed by atoms with Gasteiger partial charge in [0.15, 0.2) is 6.10 Å². The number of nitrogens with one attached hydrogen (secondary N) is 1. The van der Waals surface area contributed by atoms with Gasteiger partial charge in [-0.2, -0.15) is 13.8 Å². The largest absolute Gasteiger partial charge is 0.394 e. The van der Waals surface area contributed by atoms with Crippen molar-refractivity contribution in [2.45, 2.75) is 37.2 Å². The van der Waals surface area contributed by atoms with Crippen LogP contribution in [0.25, 0.3) is 0 Å². The summed E-state index contributed by atoms with van der Waals surface area (Å²) in [6.07, 6.45) is -5.52. The number of rotatable bonds is 6. The maximum Gasteiger partial charge on any atom is 0.351 e. The van der Waals surface area contributed by atoms with E-state index in [0.29, 0.717) is 4.57 Å². The number of halogens is 2. The first-order chi connectivity index (χ1) is 11.7. The summed E-state index contributed by atoms with van der Waals surface area (Å²) in [5.41, 5.74) is 3.73. The Morgan fingerprint density at radius 2 is 2.12 bits per heavy atom. The monoisotopic (exact) mass is 362 g/mol. The fourth-order valence-corrected chi connectivity index (χ4v) is 2.22. The second-order valence-electron chi connectivity index (χ2n) is 5.35. The third kappa shape index (κ3) is 3.97. The van der Waals surface area contributed by atoms with Crippen molar-refractivity contribution < 1.29 is 33.3 Å². The number of aliphatic hydroxyl groups excluding tert-OH is 2. The Labute approximate surface area is 139 Å². The van der Waals surface area contributed by atoms with Gasteiger partial charge in [-0.25, -0.2) is 4.79 Å². The van der Waals surface area contributed by atoms with Crippen LogP contribution in [0.3, 0.4) is 0 Å². The van der Waals surface area contributed by atoms with Crippen molar-refractivity contribution in [2.75, 3.05) is 11.9 Å². The quantitative estimate of drug-likeness (QED) is 0.471. The van der Waals surface area contributed by atoms with E-state index in [-0.39, 0.29) is 18.7 Å². The van der Waals surface area contributed by atoms with E-state index in [1.807, 2.05) is 0 Å². The number of nitrogens with two attached hydrogens (primary N) is 1. The topological polar surface area (TPSA) is 157 Å². The number of aliphatic hydroxyl groups is 2. The van der Waals surface area contributed by atoms with E-state index >= 15 is 0 Å². The second-order valence-corrected chi connectivity index (χ2v) is 5.35. The summed E-state index contributed by atoms with van der Waals surface area (Å²) in [6, 6.07) is 1.07. The van der Waals surface area contributed by atoms with E-state index in [2.05, 4.69) is 10.3 Å². The van der Waals surface area contributed by atoms with Crippen LogP contribution in [0.5, 0.6) is 0 Å². The lowest BCUT2D eigenvalue weighted by atomic mass is 10.1. The smallest absolute Gasteiger partial charge is 0.351 e. The molecule has 0 bridgehead atoms. The van der Waals surface area contributed by atoms with Gasteiger partial charge in [-0.05, 0) is 6.07 Å². The molecule has 1 aromatic heterocycles. The molecule has 25 heavy (non-hydrogen) atoms. The van der Waals surface area contributed by atoms with Crippen molar-refractivity contribution in [2.24, 2.45) is 5.73 Å². The highest BCUT2D eigenvalue weighted by Crippen LogP contribution is 2.41. The number of anilines is 1. The lowest BCUT2D eigenvalue weighted by molar-refractivity contribution is -0.141. The summed E-state index contributed by atoms with van der Waals surface area (Å²) in [4.78, 5) is 37.5. The zero-order valence-electron chi connectivity index (χ0n) is 12.8. The number of primary amides is 1. The summed E-state index contributed by atoms with van der Waals surface area (Å²) in [7, 11) is 0. The van der Waals surface area contributed by atoms with Crippen LogP contribution in [-0.2, 0) is 14.3 Å². The number of amides is 2. The Balaban J connectivity index is 2.16. The van der Waals surface area contributed by atoms with Crippen LogP contribution in [0, 0.1) is 0 Å². The normalized spacial score (nSPS) is 24.9. The van der Waals surface area contributed by atoms with Crippen LogP contribution in [-0.4, -0.2) is 56.3 Å². The number of carbonyl (C=O) groups excluding carboxylic acids is 2. The van der Waals surface area contributed by atoms with Gasteiger partial charge in [-0.1, -0.05) is 0 Å². The number of aromatic nitrogens is 2. The molecular formula is C13H16F2N4O6. The van der Waals surface area contributed by atoms with Gasteiger partial charge in [0.05, 0.1) is 6.61 Å². The second kappa shape index (κ2) is 7.21. The minimum Gasteiger partial charge on any atom is -0.394 e. The van der Waals surface area contributed by atoms with Crippen molar-refractivity contribution in [1.82, 2.24) is 9.55 Å². The maximum atomic E-state index is 14.0. The van der Waals surface area contributed by atoms with Crippen molar-refractivity contribution in [1.29, 1.82) is 0 Å². The van der Waals surface area contributed by atoms with Crippen LogP contribution in [0.1, 0.15) is 19.1 Å². The molecule has 3 atom stereocenters. The molecule has 1 aliphatic rings. The predicted octanol–water partition coefficient (Wildman–Crippen LogP) is -1.67. The molecule has 2 rings (SSSR count). The molecule has 12 heteroatoms. The van der Waals surface area contributed by atoms with E-state index in [9.17, 15) is 28.3 Å². The first-order valence-electron chi connectivity index (χ1n) is 7.16. The van der Waals surface area contributed by atoms with Crippen LogP contribution in [0.15, 0.2) is 17.1 Å². The summed E-state index contributed by atoms with van der Waals surface area (Å²) in [5, 5.41) is 20.6. The van der Waals surface area contributed by atoms with Crippen LogP contribution < -0.4 is 16.7 Å². The Hall–Kier alpha value is -2.44. The van der Waals surface area contributed by atoms with Crippen LogP contribution in [0.2, 0.25) is 0 Å². The van der Waals surface area contributed by atoms with Crippen LogP contribution in [0.4, 0.5) is 14.6 Å². The van der Waals surface area contributed by atoms with Gasteiger partial charge >= 0.3 is 11.6 Å². The number of hydrogen-bond acceptors (Lipinski definition) is 7. The Bertz CT molecular complexity index is 725. The highest BCUT2D eigenvalue weighted by molar-refractivity contribution is 5.92. The van der Waals surface area contributed by atoms with Crippen molar-refractivity contribution in [3.63, 3.8) is 0 Å². The average molecular weight is 362 g/mol. The molecule has 2 heterocycles. The van der Waals surface area contributed by atoms with Crippen molar-refractivity contribution in [3.8, 4) is 0 Å². The van der Waals surface area contributed by atoms with Crippen LogP contribution >= 0.6 is 0 Å². The molecule has 1 aromatic rings. The number of carbonyl (C=O) groups is 2. The lowest BCUT2D eigenvalue weighted by Gasteiger charge is -2.21. The fourth-order valence-electron chi connectivity index (χ4n) is 2.22. The highest BCUT2D eigenvalue weighted by Gasteiger charge is 2.59. The molecule has 0 aromatic carbocycles. The van der Waals surface area contributed by atoms with E-state index in [1.165, 1.54) is 0 Å². The molecule has 10 nitrogen and oxygen atoms in total. The molecule has 1 saturated heterocycles. The number of alkyl halides is 2. The van der Waals surface area contributed by atoms with Gasteiger partial charge in [-0.15, -0.1) is 0 Å². The van der Waals surface area contributed by atoms with Crippen molar-refractivity contribution in [3.05, 3.63) is 22.7 Å². The molecule has 3 unspecified atom stereocenters. The first-order valence-corrected chi connectivity index (χ1v) is 7.16. The lowest BCUT2D eigenvalue weighted by Crippen LogP contribution is -2.41. The fraction of sp³-hybridized carbons (Fsp3) is 0.538. The summed E-state index contributed by atoms with van der Waals surface area (Å²) in [6.45, 7) is -0.858. The number of hydrogen-bond donors (Lipinski definition) is 4. The van der Waals surface area contributed by atoms with Crippen molar-refractivity contribution >= 4 is 17.6 Å². The Morgan fingerprint density at radius 3 is 2.64 bits per heavy atom. The zero-order chi connectivity index (χ0) is 18.8. The number of ether oxygens (including phenoxy) is 1. The number of nitrogens with zero attached hydrogens (tertiary/aromatic N) is 2. The van der Waals surface area contributed by atoms with Gasteiger partial charge in [0.2, 0.25) is 18.0 Å². The molecule has 0 saturated carbocycles. The molecule has 1 fully saturated rings. The summed E-state index contributed by atoms with van der Waals surface area (Å²) < 4.78 is 33.3. The van der Waals surface area contributed by atoms with Gasteiger partial charge in [-0.3, -0.25) is 14.2 Å². The summed E-state index contributed by atoms with van der Waals surface area (Å²) in [5.74, 6) is -5.36. The van der Waals surface area contributed by atoms with E-state index in [1.54, 1.807) is 0 Å². The minimum absolute atomic E-state index is 0.203. The molecule has 2 amide bonds. The van der Waals surface area contributed by atoms with Gasteiger partial charge in [0, 0.05) is 19.0 Å². The standard InChI is InChI=1S/C13H16F2N4O6/c14-13(15)10(23)6(5-20)25-11(13)19-4-3-8(18-12(19)24)17-9(22)2-1-7(16)21/h3-4,6,10-11,20,23H,1-2,5H2,(H2,16,21)(H,17,18,22,24). The molecule has 138 valence electrons. The summed E-state index contributed by atoms with van der Waals surface area (Å²) >= 11 is 0. The van der Waals surface area contributed by atoms with Gasteiger partial charge in [0.25, 0.3) is 0 Å². The third-order valence-corrected chi connectivity index (χ3v) is 3.51. The average Bonchev–Trinajstić information content (AvgIpc) is 2.76.